The average Bonchev–Trinajstić information content (AvgIpc) is 2.48. The van der Waals surface area contributed by atoms with Crippen molar-refractivity contribution in [2.45, 2.75) is 41.5 Å². The molecular weight excluding hydrogens is 301 g/mol. The maximum atomic E-state index is 12.3. The number of esters is 1. The minimum absolute atomic E-state index is 0.157. The number of ether oxygens (including phenoxy) is 1. The molecule has 0 heterocycles. The first-order chi connectivity index (χ1) is 10.3. The van der Waals surface area contributed by atoms with Crippen LogP contribution in [-0.2, 0) is 19.1 Å². The molecule has 0 bridgehead atoms. The molecule has 0 spiro atoms. The van der Waals surface area contributed by atoms with Crippen molar-refractivity contribution in [3.05, 3.63) is 0 Å². The molecule has 0 aliphatic heterocycles. The lowest BCUT2D eigenvalue weighted by molar-refractivity contribution is -0.150. The summed E-state index contributed by atoms with van der Waals surface area (Å²) in [6.45, 7) is 10.9. The van der Waals surface area contributed by atoms with Gasteiger partial charge in [0.1, 0.15) is 0 Å². The molecule has 0 saturated carbocycles. The molecule has 0 saturated heterocycles. The molecule has 2 amide bonds. The van der Waals surface area contributed by atoms with Crippen LogP contribution in [0.2, 0.25) is 0 Å². The molecule has 0 fully saturated rings. The molecule has 0 aliphatic carbocycles. The van der Waals surface area contributed by atoms with Crippen molar-refractivity contribution < 1.29 is 19.1 Å². The third kappa shape index (κ3) is 6.17. The van der Waals surface area contributed by atoms with Gasteiger partial charge in [0.25, 0.3) is 0 Å². The van der Waals surface area contributed by atoms with Gasteiger partial charge in [0, 0.05) is 19.6 Å². The van der Waals surface area contributed by atoms with E-state index in [9.17, 15) is 14.4 Å². The van der Waals surface area contributed by atoms with Gasteiger partial charge in [-0.15, -0.1) is 0 Å². The summed E-state index contributed by atoms with van der Waals surface area (Å²) in [5.41, 5.74) is 3.25. The van der Waals surface area contributed by atoms with Gasteiger partial charge in [0.15, 0.2) is 0 Å². The quantitative estimate of drug-likeness (QED) is 0.339. The molecule has 7 heteroatoms. The van der Waals surface area contributed by atoms with Crippen molar-refractivity contribution in [2.75, 3.05) is 26.7 Å². The molecule has 0 aromatic rings. The van der Waals surface area contributed by atoms with Gasteiger partial charge in [-0.3, -0.25) is 14.4 Å². The Balaban J connectivity index is 4.63. The van der Waals surface area contributed by atoms with Gasteiger partial charge in [-0.25, -0.2) is 0 Å². The van der Waals surface area contributed by atoms with E-state index < -0.39 is 22.2 Å². The fourth-order valence-corrected chi connectivity index (χ4v) is 1.60. The van der Waals surface area contributed by atoms with Gasteiger partial charge in [-0.2, -0.15) is 0 Å². The predicted octanol–water partition coefficient (Wildman–Crippen LogP) is 0.429. The highest BCUT2D eigenvalue weighted by Crippen LogP contribution is 2.19. The van der Waals surface area contributed by atoms with E-state index >= 15 is 0 Å². The fraction of sp³-hybridized carbons (Fsp3) is 0.812. The largest absolute Gasteiger partial charge is 0.469 e. The van der Waals surface area contributed by atoms with E-state index in [2.05, 4.69) is 10.6 Å². The molecule has 0 aromatic carbocycles. The highest BCUT2D eigenvalue weighted by atomic mass is 16.6. The molecule has 0 rings (SSSR count). The summed E-state index contributed by atoms with van der Waals surface area (Å²) in [5.74, 6) is -0.843. The number of hydrogen-bond acceptors (Lipinski definition) is 5. The van der Waals surface area contributed by atoms with Crippen molar-refractivity contribution in [3.8, 4) is 0 Å². The standard InChI is InChI=1S/C16H31N3O4/c1-14(2,8-17)11(20)18-9-15(3,4)12(21)19-10-16(5,6)13(22)23-7/h8-10,17H2,1-7H3,(H,18,20)(H,19,21)/i8+1,13+1,17+1. The van der Waals surface area contributed by atoms with Crippen LogP contribution in [0.15, 0.2) is 0 Å². The Kier molecular flexibility index (Phi) is 7.22. The van der Waals surface area contributed by atoms with Gasteiger partial charge in [0.05, 0.1) is 23.4 Å². The Labute approximate surface area is 138 Å². The van der Waals surface area contributed by atoms with E-state index in [0.717, 1.165) is 0 Å². The van der Waals surface area contributed by atoms with Crippen molar-refractivity contribution >= 4 is 17.8 Å². The number of carbonyl (C=O) groups excluding carboxylic acids is 3. The summed E-state index contributed by atoms with van der Waals surface area (Å²) in [7, 11) is 1.31. The minimum Gasteiger partial charge on any atom is -0.469 e. The molecule has 0 atom stereocenters. The first kappa shape index (κ1) is 21.4. The summed E-state index contributed by atoms with van der Waals surface area (Å²) < 4.78 is 4.70. The number of nitrogens with one attached hydrogen (secondary N) is 2. The molecule has 0 aromatic heterocycles. The number of rotatable bonds is 8. The maximum Gasteiger partial charge on any atom is 0.313 e. The second-order valence-electron chi connectivity index (χ2n) is 7.71. The van der Waals surface area contributed by atoms with Gasteiger partial charge in [-0.05, 0) is 41.5 Å². The molecule has 0 aliphatic rings. The van der Waals surface area contributed by atoms with Gasteiger partial charge < -0.3 is 21.1 Å². The van der Waals surface area contributed by atoms with E-state index in [0.29, 0.717) is 0 Å². The van der Waals surface area contributed by atoms with Crippen LogP contribution in [0.5, 0.6) is 0 Å². The molecule has 0 radical (unpaired) electrons. The third-order valence-corrected chi connectivity index (χ3v) is 3.86. The smallest absolute Gasteiger partial charge is 0.313 e. The van der Waals surface area contributed by atoms with Crippen molar-refractivity contribution in [2.24, 2.45) is 22.0 Å². The summed E-state index contributed by atoms with van der Waals surface area (Å²) in [6.07, 6.45) is 0. The van der Waals surface area contributed by atoms with E-state index in [-0.39, 0.29) is 31.4 Å². The van der Waals surface area contributed by atoms with Crippen LogP contribution >= 0.6 is 0 Å². The zero-order chi connectivity index (χ0) is 18.5. The van der Waals surface area contributed by atoms with Gasteiger partial charge >= 0.3 is 5.97 Å². The van der Waals surface area contributed by atoms with Gasteiger partial charge in [-0.1, -0.05) is 0 Å². The van der Waals surface area contributed by atoms with Crippen LogP contribution in [0.25, 0.3) is 0 Å². The number of carbonyl (C=O) groups is 3. The zero-order valence-electron chi connectivity index (χ0n) is 15.3. The molecule has 23 heavy (non-hydrogen) atoms. The SMILES string of the molecule is CO[13C](=O)C(C)(C)CNC(=O)C(C)(C)CNC(=O)C(C)(C)[13CH2][15NH2]. The predicted molar refractivity (Wildman–Crippen MR) is 88.4 cm³/mol. The first-order valence-corrected chi connectivity index (χ1v) is 7.65. The van der Waals surface area contributed by atoms with Crippen LogP contribution in [0.4, 0.5) is 0 Å². The summed E-state index contributed by atoms with van der Waals surface area (Å²) >= 11 is 0. The number of amides is 2. The fourth-order valence-electron chi connectivity index (χ4n) is 1.60. The lowest BCUT2D eigenvalue weighted by Gasteiger charge is -2.29. The summed E-state index contributed by atoms with van der Waals surface area (Å²) in [5, 5.41) is 5.49. The van der Waals surface area contributed by atoms with E-state index in [1.165, 1.54) is 7.11 Å². The number of hydrogen-bond donors (Lipinski definition) is 3. The lowest BCUT2D eigenvalue weighted by Crippen LogP contribution is -2.50. The van der Waals surface area contributed by atoms with E-state index in [4.69, 9.17) is 10.5 Å². The summed E-state index contributed by atoms with van der Waals surface area (Å²) in [6, 6.07) is 0. The average molecular weight is 332 g/mol. The van der Waals surface area contributed by atoms with Crippen LogP contribution in [-0.4, -0.2) is 44.5 Å². The molecular formula is C16H31N3O4. The monoisotopic (exact) mass is 332 g/mol. The first-order valence-electron chi connectivity index (χ1n) is 7.65. The zero-order valence-corrected chi connectivity index (χ0v) is 15.3. The molecule has 7 nitrogen and oxygen atoms in total. The Bertz CT molecular complexity index is 456. The second kappa shape index (κ2) is 7.77. The van der Waals surface area contributed by atoms with Crippen LogP contribution < -0.4 is 16.4 Å². The normalized spacial score (nSPS) is 12.5. The van der Waals surface area contributed by atoms with Crippen molar-refractivity contribution in [1.82, 2.24) is 10.6 Å². The maximum absolute atomic E-state index is 12.3. The Morgan fingerprint density at radius 1 is 0.826 bits per heavy atom. The molecule has 4 N–H and O–H groups in total. The van der Waals surface area contributed by atoms with Crippen molar-refractivity contribution in [3.63, 3.8) is 0 Å². The van der Waals surface area contributed by atoms with E-state index in [1.807, 2.05) is 0 Å². The summed E-state index contributed by atoms with van der Waals surface area (Å²) in [4.78, 5) is 36.0. The minimum atomic E-state index is -0.814. The van der Waals surface area contributed by atoms with E-state index in [1.54, 1.807) is 41.5 Å². The number of nitrogens with two attached hydrogens (primary N) is 1. The Hall–Kier alpha value is -1.63. The molecule has 134 valence electrons. The van der Waals surface area contributed by atoms with Crippen LogP contribution in [0.3, 0.4) is 0 Å². The van der Waals surface area contributed by atoms with Gasteiger partial charge in [0.2, 0.25) is 11.8 Å². The third-order valence-electron chi connectivity index (χ3n) is 3.86. The van der Waals surface area contributed by atoms with Crippen LogP contribution in [0, 0.1) is 16.2 Å². The van der Waals surface area contributed by atoms with Crippen molar-refractivity contribution in [1.29, 1.82) is 0 Å². The molecule has 0 unspecified atom stereocenters. The second-order valence-corrected chi connectivity index (χ2v) is 7.71. The van der Waals surface area contributed by atoms with Crippen LogP contribution in [0.1, 0.15) is 41.5 Å². The lowest BCUT2D eigenvalue weighted by atomic mass is 9.90. The highest BCUT2D eigenvalue weighted by molar-refractivity contribution is 5.86. The Morgan fingerprint density at radius 3 is 1.61 bits per heavy atom. The topological polar surface area (TPSA) is 111 Å². The highest BCUT2D eigenvalue weighted by Gasteiger charge is 2.34. The number of methoxy groups -OCH3 is 1. The Morgan fingerprint density at radius 2 is 1.22 bits per heavy atom.